The molecule has 2 rings (SSSR count). The monoisotopic (exact) mass is 283 g/mol. The Hall–Kier alpha value is -0.980. The molecule has 19 heavy (non-hydrogen) atoms. The molecule has 1 aliphatic rings. The normalized spacial score (nSPS) is 19.8. The Kier molecular flexibility index (Phi) is 4.90. The minimum absolute atomic E-state index is 0.393. The molecular weight excluding hydrogens is 262 g/mol. The number of hydrogen-bond donors (Lipinski definition) is 0. The van der Waals surface area contributed by atoms with Crippen molar-refractivity contribution < 1.29 is 9.53 Å². The highest BCUT2D eigenvalue weighted by atomic mass is 32.1. The van der Waals surface area contributed by atoms with Crippen LogP contribution in [0.5, 0.6) is 0 Å². The molecule has 1 atom stereocenters. The largest absolute Gasteiger partial charge is 0.378 e. The topological polar surface area (TPSA) is 45.7 Å². The first kappa shape index (κ1) is 14.4. The van der Waals surface area contributed by atoms with Gasteiger partial charge in [-0.2, -0.15) is 0 Å². The number of hydrogen-bond acceptors (Lipinski definition) is 6. The van der Waals surface area contributed by atoms with Crippen molar-refractivity contribution in [3.63, 3.8) is 0 Å². The number of aldehydes is 1. The molecule has 0 aliphatic carbocycles. The fraction of sp³-hybridized carbons (Fsp3) is 0.692. The fourth-order valence-corrected chi connectivity index (χ4v) is 3.34. The van der Waals surface area contributed by atoms with Gasteiger partial charge in [0.25, 0.3) is 0 Å². The summed E-state index contributed by atoms with van der Waals surface area (Å²) in [6.07, 6.45) is 2.10. The fourth-order valence-electron chi connectivity index (χ4n) is 2.49. The number of carbonyl (C=O) groups excluding carboxylic acids is 1. The Morgan fingerprint density at radius 2 is 2.42 bits per heavy atom. The molecule has 0 radical (unpaired) electrons. The van der Waals surface area contributed by atoms with E-state index in [1.165, 1.54) is 24.3 Å². The first-order chi connectivity index (χ1) is 9.13. The van der Waals surface area contributed by atoms with Crippen LogP contribution in [0.3, 0.4) is 0 Å². The molecule has 1 fully saturated rings. The second-order valence-electron chi connectivity index (χ2n) is 5.16. The van der Waals surface area contributed by atoms with Crippen LogP contribution in [0.1, 0.15) is 21.8 Å². The lowest BCUT2D eigenvalue weighted by atomic mass is 10.1. The van der Waals surface area contributed by atoms with Gasteiger partial charge in [0.15, 0.2) is 11.4 Å². The van der Waals surface area contributed by atoms with Crippen molar-refractivity contribution in [2.45, 2.75) is 13.0 Å². The van der Waals surface area contributed by atoms with Crippen LogP contribution in [-0.2, 0) is 11.3 Å². The first-order valence-electron chi connectivity index (χ1n) is 6.47. The van der Waals surface area contributed by atoms with Crippen LogP contribution in [0.2, 0.25) is 0 Å². The highest BCUT2D eigenvalue weighted by Crippen LogP contribution is 2.26. The highest BCUT2D eigenvalue weighted by molar-refractivity contribution is 7.17. The maximum atomic E-state index is 11.0. The van der Waals surface area contributed by atoms with E-state index in [4.69, 9.17) is 4.74 Å². The number of thiazole rings is 1. The van der Waals surface area contributed by atoms with Crippen LogP contribution in [-0.4, -0.2) is 57.0 Å². The van der Waals surface area contributed by atoms with E-state index in [0.29, 0.717) is 17.4 Å². The number of anilines is 1. The highest BCUT2D eigenvalue weighted by Gasteiger charge is 2.22. The third-order valence-electron chi connectivity index (χ3n) is 3.45. The summed E-state index contributed by atoms with van der Waals surface area (Å²) in [5, 5.41) is 0.906. The Balaban J connectivity index is 2.02. The molecule has 1 aromatic heterocycles. The lowest BCUT2D eigenvalue weighted by Gasteiger charge is -2.20. The summed E-state index contributed by atoms with van der Waals surface area (Å²) in [7, 11) is 5.82. The molecule has 2 heterocycles. The summed E-state index contributed by atoms with van der Waals surface area (Å²) in [4.78, 5) is 20.7. The zero-order valence-electron chi connectivity index (χ0n) is 11.8. The van der Waals surface area contributed by atoms with Crippen LogP contribution in [0, 0.1) is 5.92 Å². The summed E-state index contributed by atoms with van der Waals surface area (Å²) in [6, 6.07) is 0. The SMILES string of the molecule is COCc1nc(N(C)CC2CCN(C)C2)sc1C=O. The average molecular weight is 283 g/mol. The molecular formula is C13H21N3O2S. The smallest absolute Gasteiger partial charge is 0.186 e. The third kappa shape index (κ3) is 3.52. The number of nitrogens with zero attached hydrogens (tertiary/aromatic N) is 3. The number of rotatable bonds is 6. The molecule has 1 aromatic rings. The van der Waals surface area contributed by atoms with E-state index in [2.05, 4.69) is 21.8 Å². The Labute approximate surface area is 118 Å². The molecule has 106 valence electrons. The van der Waals surface area contributed by atoms with Crippen LogP contribution in [0.25, 0.3) is 0 Å². The van der Waals surface area contributed by atoms with Crippen molar-refractivity contribution in [2.75, 3.05) is 45.7 Å². The van der Waals surface area contributed by atoms with Gasteiger partial charge in [0.1, 0.15) is 0 Å². The van der Waals surface area contributed by atoms with Crippen LogP contribution in [0.15, 0.2) is 0 Å². The second-order valence-corrected chi connectivity index (χ2v) is 6.16. The Morgan fingerprint density at radius 1 is 1.63 bits per heavy atom. The van der Waals surface area contributed by atoms with Gasteiger partial charge in [-0.25, -0.2) is 4.98 Å². The van der Waals surface area contributed by atoms with E-state index in [9.17, 15) is 4.79 Å². The predicted octanol–water partition coefficient (Wildman–Crippen LogP) is 1.49. The summed E-state index contributed by atoms with van der Waals surface area (Å²) in [6.45, 7) is 3.69. The summed E-state index contributed by atoms with van der Waals surface area (Å²) in [5.74, 6) is 0.685. The van der Waals surface area contributed by atoms with Crippen molar-refractivity contribution in [1.82, 2.24) is 9.88 Å². The second kappa shape index (κ2) is 6.45. The lowest BCUT2D eigenvalue weighted by molar-refractivity contribution is 0.112. The number of methoxy groups -OCH3 is 1. The minimum Gasteiger partial charge on any atom is -0.378 e. The first-order valence-corrected chi connectivity index (χ1v) is 7.29. The van der Waals surface area contributed by atoms with Crippen LogP contribution < -0.4 is 4.90 Å². The van der Waals surface area contributed by atoms with Crippen molar-refractivity contribution in [3.05, 3.63) is 10.6 Å². The van der Waals surface area contributed by atoms with Crippen LogP contribution in [0.4, 0.5) is 5.13 Å². The van der Waals surface area contributed by atoms with E-state index >= 15 is 0 Å². The molecule has 0 spiro atoms. The summed E-state index contributed by atoms with van der Waals surface area (Å²) >= 11 is 1.44. The lowest BCUT2D eigenvalue weighted by Crippen LogP contribution is -2.27. The molecule has 0 N–H and O–H groups in total. The van der Waals surface area contributed by atoms with Gasteiger partial charge in [0.2, 0.25) is 0 Å². The number of aromatic nitrogens is 1. The number of carbonyl (C=O) groups is 1. The number of ether oxygens (including phenoxy) is 1. The predicted molar refractivity (Wildman–Crippen MR) is 77.1 cm³/mol. The molecule has 1 saturated heterocycles. The van der Waals surface area contributed by atoms with Crippen molar-refractivity contribution >= 4 is 22.8 Å². The summed E-state index contributed by atoms with van der Waals surface area (Å²) < 4.78 is 5.07. The van der Waals surface area contributed by atoms with E-state index < -0.39 is 0 Å². The maximum Gasteiger partial charge on any atom is 0.186 e. The minimum atomic E-state index is 0.393. The van der Waals surface area contributed by atoms with E-state index in [0.717, 1.165) is 30.2 Å². The molecule has 1 unspecified atom stereocenters. The van der Waals surface area contributed by atoms with Gasteiger partial charge >= 0.3 is 0 Å². The molecule has 0 amide bonds. The van der Waals surface area contributed by atoms with Crippen molar-refractivity contribution in [1.29, 1.82) is 0 Å². The molecule has 6 heteroatoms. The summed E-state index contributed by atoms with van der Waals surface area (Å²) in [5.41, 5.74) is 0.743. The third-order valence-corrected chi connectivity index (χ3v) is 4.59. The van der Waals surface area contributed by atoms with Gasteiger partial charge in [-0.05, 0) is 25.9 Å². The zero-order valence-corrected chi connectivity index (χ0v) is 12.6. The van der Waals surface area contributed by atoms with Gasteiger partial charge in [-0.3, -0.25) is 4.79 Å². The van der Waals surface area contributed by atoms with E-state index in [-0.39, 0.29) is 0 Å². The van der Waals surface area contributed by atoms with Crippen molar-refractivity contribution in [2.24, 2.45) is 5.92 Å². The van der Waals surface area contributed by atoms with Crippen molar-refractivity contribution in [3.8, 4) is 0 Å². The van der Waals surface area contributed by atoms with Gasteiger partial charge in [0.05, 0.1) is 17.2 Å². The van der Waals surface area contributed by atoms with Crippen LogP contribution >= 0.6 is 11.3 Å². The standard InChI is InChI=1S/C13H21N3O2S/c1-15-5-4-10(6-15)7-16(2)13-14-11(9-18-3)12(8-17)19-13/h8,10H,4-7,9H2,1-3H3. The van der Waals surface area contributed by atoms with Gasteiger partial charge in [-0.1, -0.05) is 11.3 Å². The van der Waals surface area contributed by atoms with Gasteiger partial charge < -0.3 is 14.5 Å². The van der Waals surface area contributed by atoms with E-state index in [1.54, 1.807) is 7.11 Å². The van der Waals surface area contributed by atoms with Gasteiger partial charge in [0, 0.05) is 27.2 Å². The molecule has 0 aromatic carbocycles. The van der Waals surface area contributed by atoms with Gasteiger partial charge in [-0.15, -0.1) is 0 Å². The molecule has 0 bridgehead atoms. The molecule has 5 nitrogen and oxygen atoms in total. The Morgan fingerprint density at radius 3 is 3.00 bits per heavy atom. The average Bonchev–Trinajstić information content (AvgIpc) is 2.96. The zero-order chi connectivity index (χ0) is 13.8. The quantitative estimate of drug-likeness (QED) is 0.740. The Bertz CT molecular complexity index is 436. The maximum absolute atomic E-state index is 11.0. The number of likely N-dealkylation sites (tertiary alicyclic amines) is 1. The molecule has 0 saturated carbocycles. The molecule has 1 aliphatic heterocycles. The van der Waals surface area contributed by atoms with E-state index in [1.807, 2.05) is 7.05 Å².